The van der Waals surface area contributed by atoms with Gasteiger partial charge in [0.15, 0.2) is 0 Å². The van der Waals surface area contributed by atoms with Crippen molar-refractivity contribution < 1.29 is 8.78 Å². The van der Waals surface area contributed by atoms with Crippen LogP contribution in [0, 0.1) is 15.2 Å². The largest absolute Gasteiger partial charge is 0.367 e. The molecule has 0 spiro atoms. The quantitative estimate of drug-likeness (QED) is 0.773. The molecule has 0 aliphatic carbocycles. The van der Waals surface area contributed by atoms with E-state index in [-0.39, 0.29) is 11.9 Å². The summed E-state index contributed by atoms with van der Waals surface area (Å²) in [6, 6.07) is 5.33. The molecular weight excluding hydrogens is 387 g/mol. The zero-order valence-corrected chi connectivity index (χ0v) is 13.6. The summed E-state index contributed by atoms with van der Waals surface area (Å²) in [4.78, 5) is 6.41. The molecule has 1 aromatic carbocycles. The minimum Gasteiger partial charge on any atom is -0.367 e. The van der Waals surface area contributed by atoms with Crippen LogP contribution in [-0.4, -0.2) is 18.1 Å². The van der Waals surface area contributed by atoms with Crippen LogP contribution in [0.3, 0.4) is 0 Å². The van der Waals surface area contributed by atoms with Gasteiger partial charge in [-0.15, -0.1) is 0 Å². The predicted octanol–water partition coefficient (Wildman–Crippen LogP) is 3.96. The molecule has 2 heterocycles. The number of hydrogen-bond donors (Lipinski definition) is 1. The van der Waals surface area contributed by atoms with Gasteiger partial charge in [-0.3, -0.25) is 0 Å². The maximum Gasteiger partial charge on any atom is 0.149 e. The lowest BCUT2D eigenvalue weighted by Gasteiger charge is -2.36. The number of rotatable bonds is 2. The minimum absolute atomic E-state index is 0.262. The third-order valence-electron chi connectivity index (χ3n) is 3.66. The van der Waals surface area contributed by atoms with Crippen LogP contribution in [0.1, 0.15) is 18.5 Å². The summed E-state index contributed by atoms with van der Waals surface area (Å²) in [7, 11) is 0. The molecule has 0 saturated carbocycles. The van der Waals surface area contributed by atoms with E-state index in [4.69, 9.17) is 0 Å². The molecular formula is C15H14F2IN3. The van der Waals surface area contributed by atoms with Gasteiger partial charge in [-0.05, 0) is 53.8 Å². The summed E-state index contributed by atoms with van der Waals surface area (Å²) in [6.07, 6.45) is 1.78. The molecule has 0 saturated heterocycles. The molecule has 1 aliphatic rings. The summed E-state index contributed by atoms with van der Waals surface area (Å²) in [5, 5.41) is 3.23. The molecule has 0 radical (unpaired) electrons. The van der Waals surface area contributed by atoms with Crippen LogP contribution in [0.15, 0.2) is 30.5 Å². The Hall–Kier alpha value is -1.44. The van der Waals surface area contributed by atoms with Crippen molar-refractivity contribution in [2.24, 2.45) is 0 Å². The number of aromatic nitrogens is 1. The van der Waals surface area contributed by atoms with Gasteiger partial charge in [0.25, 0.3) is 0 Å². The average Bonchev–Trinajstić information content (AvgIpc) is 2.48. The van der Waals surface area contributed by atoms with Crippen molar-refractivity contribution in [2.45, 2.75) is 13.0 Å². The molecule has 1 unspecified atom stereocenters. The van der Waals surface area contributed by atoms with Crippen LogP contribution >= 0.6 is 22.6 Å². The molecule has 1 aromatic heterocycles. The Labute approximate surface area is 135 Å². The first-order chi connectivity index (χ1) is 10.1. The summed E-state index contributed by atoms with van der Waals surface area (Å²) in [6.45, 7) is 3.32. The predicted molar refractivity (Wildman–Crippen MR) is 87.6 cm³/mol. The van der Waals surface area contributed by atoms with Crippen molar-refractivity contribution in [3.8, 4) is 0 Å². The van der Waals surface area contributed by atoms with Crippen molar-refractivity contribution in [3.63, 3.8) is 0 Å². The van der Waals surface area contributed by atoms with E-state index in [1.807, 2.05) is 13.0 Å². The lowest BCUT2D eigenvalue weighted by atomic mass is 10.0. The maximum atomic E-state index is 14.0. The first-order valence-corrected chi connectivity index (χ1v) is 7.75. The van der Waals surface area contributed by atoms with Crippen LogP contribution in [0.2, 0.25) is 0 Å². The highest BCUT2D eigenvalue weighted by molar-refractivity contribution is 14.1. The van der Waals surface area contributed by atoms with E-state index in [1.54, 1.807) is 6.20 Å². The van der Waals surface area contributed by atoms with Crippen molar-refractivity contribution in [3.05, 3.63) is 51.2 Å². The molecule has 3 rings (SSSR count). The Balaban J connectivity index is 2.01. The first-order valence-electron chi connectivity index (χ1n) is 6.67. The third-order valence-corrected chi connectivity index (χ3v) is 4.25. The van der Waals surface area contributed by atoms with E-state index in [2.05, 4.69) is 37.8 Å². The van der Waals surface area contributed by atoms with Crippen LogP contribution in [0.25, 0.3) is 0 Å². The zero-order chi connectivity index (χ0) is 15.0. The lowest BCUT2D eigenvalue weighted by Crippen LogP contribution is -2.36. The standard InChI is InChI=1S/C15H14F2IN3/c1-9(12-6-10(16)2-3-13(12)17)21-5-4-19-15-14(21)7-11(18)8-20-15/h2-3,6-9H,4-5H2,1H3,(H,19,20). The number of anilines is 2. The Kier molecular flexibility index (Phi) is 3.97. The second kappa shape index (κ2) is 5.75. The number of halogens is 3. The van der Waals surface area contributed by atoms with E-state index < -0.39 is 5.82 Å². The highest BCUT2D eigenvalue weighted by Gasteiger charge is 2.25. The Morgan fingerprint density at radius 2 is 2.14 bits per heavy atom. The number of nitrogens with one attached hydrogen (secondary N) is 1. The van der Waals surface area contributed by atoms with Gasteiger partial charge in [0.2, 0.25) is 0 Å². The molecule has 6 heteroatoms. The van der Waals surface area contributed by atoms with Crippen molar-refractivity contribution in [1.82, 2.24) is 4.98 Å². The summed E-state index contributed by atoms with van der Waals surface area (Å²) in [5.74, 6) is -0.0257. The van der Waals surface area contributed by atoms with Gasteiger partial charge in [0.05, 0.1) is 11.7 Å². The molecule has 1 atom stereocenters. The molecule has 110 valence electrons. The number of fused-ring (bicyclic) bond motifs is 1. The molecule has 2 aromatic rings. The average molecular weight is 401 g/mol. The molecule has 1 aliphatic heterocycles. The van der Waals surface area contributed by atoms with E-state index in [1.165, 1.54) is 12.1 Å². The first kappa shape index (κ1) is 14.5. The van der Waals surface area contributed by atoms with Crippen LogP contribution in [0.5, 0.6) is 0 Å². The molecule has 0 bridgehead atoms. The van der Waals surface area contributed by atoms with Gasteiger partial charge < -0.3 is 10.2 Å². The van der Waals surface area contributed by atoms with Crippen LogP contribution in [-0.2, 0) is 0 Å². The summed E-state index contributed by atoms with van der Waals surface area (Å²) >= 11 is 2.19. The highest BCUT2D eigenvalue weighted by Crippen LogP contribution is 2.35. The fraction of sp³-hybridized carbons (Fsp3) is 0.267. The molecule has 21 heavy (non-hydrogen) atoms. The van der Waals surface area contributed by atoms with Crippen molar-refractivity contribution in [1.29, 1.82) is 0 Å². The molecule has 0 fully saturated rings. The summed E-state index contributed by atoms with van der Waals surface area (Å²) < 4.78 is 28.4. The normalized spacial score (nSPS) is 15.3. The van der Waals surface area contributed by atoms with E-state index in [9.17, 15) is 8.78 Å². The molecule has 1 N–H and O–H groups in total. The Bertz CT molecular complexity index is 678. The Morgan fingerprint density at radius 1 is 1.33 bits per heavy atom. The zero-order valence-electron chi connectivity index (χ0n) is 11.4. The minimum atomic E-state index is -0.422. The van der Waals surface area contributed by atoms with Crippen molar-refractivity contribution >= 4 is 34.1 Å². The smallest absolute Gasteiger partial charge is 0.149 e. The second-order valence-corrected chi connectivity index (χ2v) is 6.23. The van der Waals surface area contributed by atoms with Gasteiger partial charge in [-0.25, -0.2) is 13.8 Å². The topological polar surface area (TPSA) is 28.2 Å². The number of pyridine rings is 1. The Morgan fingerprint density at radius 3 is 2.95 bits per heavy atom. The fourth-order valence-electron chi connectivity index (χ4n) is 2.60. The summed E-state index contributed by atoms with van der Waals surface area (Å²) in [5.41, 5.74) is 1.28. The van der Waals surface area contributed by atoms with E-state index in [0.717, 1.165) is 27.7 Å². The van der Waals surface area contributed by atoms with E-state index in [0.29, 0.717) is 12.1 Å². The van der Waals surface area contributed by atoms with E-state index >= 15 is 0 Å². The highest BCUT2D eigenvalue weighted by atomic mass is 127. The van der Waals surface area contributed by atoms with Gasteiger partial charge in [-0.2, -0.15) is 0 Å². The van der Waals surface area contributed by atoms with Gasteiger partial charge in [0.1, 0.15) is 17.5 Å². The lowest BCUT2D eigenvalue weighted by molar-refractivity contribution is 0.556. The van der Waals surface area contributed by atoms with Gasteiger partial charge in [0, 0.05) is 28.4 Å². The van der Waals surface area contributed by atoms with Gasteiger partial charge >= 0.3 is 0 Å². The van der Waals surface area contributed by atoms with Crippen LogP contribution < -0.4 is 10.2 Å². The number of hydrogen-bond acceptors (Lipinski definition) is 3. The van der Waals surface area contributed by atoms with Crippen LogP contribution in [0.4, 0.5) is 20.3 Å². The SMILES string of the molecule is CC(c1cc(F)ccc1F)N1CCNc2ncc(I)cc21. The monoisotopic (exact) mass is 401 g/mol. The molecule has 0 amide bonds. The number of benzene rings is 1. The fourth-order valence-corrected chi connectivity index (χ4v) is 3.04. The molecule has 3 nitrogen and oxygen atoms in total. The van der Waals surface area contributed by atoms with Crippen molar-refractivity contribution in [2.75, 3.05) is 23.3 Å². The maximum absolute atomic E-state index is 14.0. The third kappa shape index (κ3) is 2.81. The second-order valence-electron chi connectivity index (χ2n) is 4.98. The number of nitrogens with zero attached hydrogens (tertiary/aromatic N) is 2. The van der Waals surface area contributed by atoms with Gasteiger partial charge in [-0.1, -0.05) is 0 Å².